The summed E-state index contributed by atoms with van der Waals surface area (Å²) in [6, 6.07) is 13.8. The molecule has 0 aromatic heterocycles. The molecule has 1 unspecified atom stereocenters. The smallest absolute Gasteiger partial charge is 0.0576 e. The van der Waals surface area contributed by atoms with Gasteiger partial charge < -0.3 is 5.32 Å². The lowest BCUT2D eigenvalue weighted by Crippen LogP contribution is -2.22. The van der Waals surface area contributed by atoms with Crippen LogP contribution in [-0.4, -0.2) is 6.54 Å². The van der Waals surface area contributed by atoms with Gasteiger partial charge >= 0.3 is 0 Å². The number of benzene rings is 2. The highest BCUT2D eigenvalue weighted by atomic mass is 79.9. The standard InChI is InChI=1S/C19H24BrN/c1-5-15-7-9-16(10-8-15)19(21-6-2)17-11-13(3)18(20)14(4)12-17/h7-12,19,21H,5-6H2,1-4H3. The van der Waals surface area contributed by atoms with Crippen molar-refractivity contribution in [3.8, 4) is 0 Å². The molecule has 2 aromatic rings. The van der Waals surface area contributed by atoms with Gasteiger partial charge in [-0.1, -0.05) is 66.2 Å². The summed E-state index contributed by atoms with van der Waals surface area (Å²) >= 11 is 3.66. The average molecular weight is 346 g/mol. The zero-order valence-electron chi connectivity index (χ0n) is 13.3. The second-order valence-corrected chi connectivity index (χ2v) is 6.35. The molecule has 2 rings (SSSR count). The van der Waals surface area contributed by atoms with Crippen LogP contribution in [-0.2, 0) is 6.42 Å². The highest BCUT2D eigenvalue weighted by molar-refractivity contribution is 9.10. The summed E-state index contributed by atoms with van der Waals surface area (Å²) in [5, 5.41) is 3.61. The predicted octanol–water partition coefficient (Wildman–Crippen LogP) is 5.33. The molecule has 0 aliphatic carbocycles. The van der Waals surface area contributed by atoms with E-state index in [9.17, 15) is 0 Å². The largest absolute Gasteiger partial charge is 0.307 e. The van der Waals surface area contributed by atoms with E-state index >= 15 is 0 Å². The predicted molar refractivity (Wildman–Crippen MR) is 95.0 cm³/mol. The summed E-state index contributed by atoms with van der Waals surface area (Å²) in [4.78, 5) is 0. The number of aryl methyl sites for hydroxylation is 3. The second kappa shape index (κ2) is 7.24. The lowest BCUT2D eigenvalue weighted by molar-refractivity contribution is 0.629. The third kappa shape index (κ3) is 3.75. The molecule has 0 fully saturated rings. The normalized spacial score (nSPS) is 12.4. The van der Waals surface area contributed by atoms with Crippen LogP contribution in [0.3, 0.4) is 0 Å². The molecule has 0 saturated heterocycles. The van der Waals surface area contributed by atoms with E-state index in [1.807, 2.05) is 0 Å². The molecule has 2 heteroatoms. The van der Waals surface area contributed by atoms with Gasteiger partial charge in [-0.2, -0.15) is 0 Å². The lowest BCUT2D eigenvalue weighted by Gasteiger charge is -2.21. The van der Waals surface area contributed by atoms with Crippen molar-refractivity contribution < 1.29 is 0 Å². The van der Waals surface area contributed by atoms with Gasteiger partial charge in [-0.3, -0.25) is 0 Å². The van der Waals surface area contributed by atoms with Crippen LogP contribution < -0.4 is 5.32 Å². The molecule has 1 nitrogen and oxygen atoms in total. The minimum absolute atomic E-state index is 0.256. The van der Waals surface area contributed by atoms with Gasteiger partial charge in [-0.05, 0) is 54.6 Å². The Morgan fingerprint density at radius 1 is 0.952 bits per heavy atom. The maximum Gasteiger partial charge on any atom is 0.0576 e. The summed E-state index contributed by atoms with van der Waals surface area (Å²) in [6.45, 7) is 9.62. The Labute approximate surface area is 136 Å². The van der Waals surface area contributed by atoms with Crippen molar-refractivity contribution in [2.75, 3.05) is 6.54 Å². The molecule has 0 bridgehead atoms. The maximum atomic E-state index is 3.66. The molecular weight excluding hydrogens is 322 g/mol. The number of nitrogens with one attached hydrogen (secondary N) is 1. The van der Waals surface area contributed by atoms with Gasteiger partial charge in [0.2, 0.25) is 0 Å². The van der Waals surface area contributed by atoms with Crippen molar-refractivity contribution >= 4 is 15.9 Å². The van der Waals surface area contributed by atoms with Gasteiger partial charge in [0, 0.05) is 4.47 Å². The third-order valence-corrected chi connectivity index (χ3v) is 5.17. The molecule has 0 heterocycles. The van der Waals surface area contributed by atoms with Gasteiger partial charge in [0.05, 0.1) is 6.04 Å². The fraction of sp³-hybridized carbons (Fsp3) is 0.368. The molecule has 0 saturated carbocycles. The Balaban J connectivity index is 2.42. The zero-order valence-corrected chi connectivity index (χ0v) is 14.9. The molecular formula is C19H24BrN. The van der Waals surface area contributed by atoms with Gasteiger partial charge in [-0.25, -0.2) is 0 Å². The summed E-state index contributed by atoms with van der Waals surface area (Å²) in [5.41, 5.74) is 6.63. The minimum atomic E-state index is 0.256. The molecule has 0 spiro atoms. The summed E-state index contributed by atoms with van der Waals surface area (Å²) in [6.07, 6.45) is 1.09. The van der Waals surface area contributed by atoms with E-state index in [0.717, 1.165) is 13.0 Å². The quantitative estimate of drug-likeness (QED) is 0.772. The number of hydrogen-bond acceptors (Lipinski definition) is 1. The first-order valence-corrected chi connectivity index (χ1v) is 8.45. The second-order valence-electron chi connectivity index (χ2n) is 5.55. The average Bonchev–Trinajstić information content (AvgIpc) is 2.50. The maximum absolute atomic E-state index is 3.66. The molecule has 0 amide bonds. The van der Waals surface area contributed by atoms with E-state index in [2.05, 4.69) is 85.3 Å². The van der Waals surface area contributed by atoms with Crippen LogP contribution in [0.2, 0.25) is 0 Å². The van der Waals surface area contributed by atoms with Crippen molar-refractivity contribution in [2.45, 2.75) is 40.2 Å². The number of hydrogen-bond donors (Lipinski definition) is 1. The van der Waals surface area contributed by atoms with Crippen LogP contribution in [0.5, 0.6) is 0 Å². The Kier molecular flexibility index (Phi) is 5.60. The van der Waals surface area contributed by atoms with E-state index in [1.54, 1.807) is 0 Å². The van der Waals surface area contributed by atoms with Gasteiger partial charge in [0.1, 0.15) is 0 Å². The van der Waals surface area contributed by atoms with E-state index in [0.29, 0.717) is 0 Å². The molecule has 0 aliphatic heterocycles. The van der Waals surface area contributed by atoms with E-state index in [1.165, 1.54) is 32.3 Å². The molecule has 0 radical (unpaired) electrons. The zero-order chi connectivity index (χ0) is 15.4. The topological polar surface area (TPSA) is 12.0 Å². The third-order valence-electron chi connectivity index (χ3n) is 3.92. The number of halogens is 1. The molecule has 112 valence electrons. The van der Waals surface area contributed by atoms with Crippen LogP contribution in [0.25, 0.3) is 0 Å². The highest BCUT2D eigenvalue weighted by Crippen LogP contribution is 2.29. The molecule has 0 aliphatic rings. The van der Waals surface area contributed by atoms with Crippen LogP contribution in [0.4, 0.5) is 0 Å². The van der Waals surface area contributed by atoms with Crippen molar-refractivity contribution in [3.05, 3.63) is 68.7 Å². The van der Waals surface area contributed by atoms with E-state index in [-0.39, 0.29) is 6.04 Å². The van der Waals surface area contributed by atoms with Gasteiger partial charge in [0.25, 0.3) is 0 Å². The van der Waals surface area contributed by atoms with Gasteiger partial charge in [-0.15, -0.1) is 0 Å². The van der Waals surface area contributed by atoms with Crippen LogP contribution in [0, 0.1) is 13.8 Å². The van der Waals surface area contributed by atoms with Crippen LogP contribution in [0.15, 0.2) is 40.9 Å². The Morgan fingerprint density at radius 2 is 1.52 bits per heavy atom. The van der Waals surface area contributed by atoms with Crippen molar-refractivity contribution in [1.29, 1.82) is 0 Å². The van der Waals surface area contributed by atoms with E-state index < -0.39 is 0 Å². The monoisotopic (exact) mass is 345 g/mol. The molecule has 21 heavy (non-hydrogen) atoms. The Morgan fingerprint density at radius 3 is 2.00 bits per heavy atom. The fourth-order valence-electron chi connectivity index (χ4n) is 2.72. The van der Waals surface area contributed by atoms with Crippen molar-refractivity contribution in [2.24, 2.45) is 0 Å². The SMILES string of the molecule is CCNC(c1ccc(CC)cc1)c1cc(C)c(Br)c(C)c1. The highest BCUT2D eigenvalue weighted by Gasteiger charge is 2.15. The lowest BCUT2D eigenvalue weighted by atomic mass is 9.94. The summed E-state index contributed by atoms with van der Waals surface area (Å²) < 4.78 is 1.21. The molecule has 1 atom stereocenters. The minimum Gasteiger partial charge on any atom is -0.307 e. The summed E-state index contributed by atoms with van der Waals surface area (Å²) in [5.74, 6) is 0. The fourth-order valence-corrected chi connectivity index (χ4v) is 2.95. The molecule has 1 N–H and O–H groups in total. The van der Waals surface area contributed by atoms with Gasteiger partial charge in [0.15, 0.2) is 0 Å². The van der Waals surface area contributed by atoms with Crippen LogP contribution >= 0.6 is 15.9 Å². The summed E-state index contributed by atoms with van der Waals surface area (Å²) in [7, 11) is 0. The first kappa shape index (κ1) is 16.3. The van der Waals surface area contributed by atoms with Crippen LogP contribution in [0.1, 0.15) is 47.7 Å². The van der Waals surface area contributed by atoms with Crippen molar-refractivity contribution in [3.63, 3.8) is 0 Å². The first-order valence-electron chi connectivity index (χ1n) is 7.65. The Hall–Kier alpha value is -1.12. The van der Waals surface area contributed by atoms with E-state index in [4.69, 9.17) is 0 Å². The molecule has 2 aromatic carbocycles. The Bertz CT molecular complexity index is 578. The number of rotatable bonds is 5. The van der Waals surface area contributed by atoms with Crippen molar-refractivity contribution in [1.82, 2.24) is 5.32 Å². The first-order chi connectivity index (χ1) is 10.1.